The van der Waals surface area contributed by atoms with Gasteiger partial charge in [0, 0.05) is 23.3 Å². The largest absolute Gasteiger partial charge is 0.375 e. The van der Waals surface area contributed by atoms with E-state index in [9.17, 15) is 4.39 Å². The number of aromatic nitrogens is 1. The summed E-state index contributed by atoms with van der Waals surface area (Å²) in [5, 5.41) is 3.30. The van der Waals surface area contributed by atoms with Crippen LogP contribution in [0.5, 0.6) is 0 Å². The van der Waals surface area contributed by atoms with Crippen LogP contribution in [-0.4, -0.2) is 35.7 Å². The van der Waals surface area contributed by atoms with Crippen LogP contribution < -0.4 is 5.32 Å². The van der Waals surface area contributed by atoms with Gasteiger partial charge < -0.3 is 10.1 Å². The summed E-state index contributed by atoms with van der Waals surface area (Å²) in [6.45, 7) is 3.54. The van der Waals surface area contributed by atoms with Gasteiger partial charge in [-0.2, -0.15) is 11.8 Å². The SMILES string of the molecule is CCNC(c1ccncc1F)C1CSCCO1. The predicted octanol–water partition coefficient (Wildman–Crippen LogP) is 2.00. The Balaban J connectivity index is 2.18. The maximum absolute atomic E-state index is 13.8. The van der Waals surface area contributed by atoms with Crippen molar-refractivity contribution in [2.24, 2.45) is 0 Å². The number of hydrogen-bond acceptors (Lipinski definition) is 4. The summed E-state index contributed by atoms with van der Waals surface area (Å²) >= 11 is 1.85. The molecule has 94 valence electrons. The molecule has 3 nitrogen and oxygen atoms in total. The minimum absolute atomic E-state index is 0.0330. The maximum Gasteiger partial charge on any atom is 0.146 e. The van der Waals surface area contributed by atoms with Crippen molar-refractivity contribution in [2.45, 2.75) is 19.1 Å². The second-order valence-corrected chi connectivity index (χ2v) is 5.07. The summed E-state index contributed by atoms with van der Waals surface area (Å²) in [4.78, 5) is 3.78. The van der Waals surface area contributed by atoms with Crippen LogP contribution >= 0.6 is 11.8 Å². The summed E-state index contributed by atoms with van der Waals surface area (Å²) in [5.74, 6) is 1.66. The van der Waals surface area contributed by atoms with Gasteiger partial charge in [-0.15, -0.1) is 0 Å². The molecule has 2 rings (SSSR count). The van der Waals surface area contributed by atoms with E-state index < -0.39 is 0 Å². The molecule has 5 heteroatoms. The van der Waals surface area contributed by atoms with E-state index in [2.05, 4.69) is 10.3 Å². The summed E-state index contributed by atoms with van der Waals surface area (Å²) < 4.78 is 19.5. The van der Waals surface area contributed by atoms with E-state index in [1.807, 2.05) is 18.7 Å². The number of nitrogens with one attached hydrogen (secondary N) is 1. The topological polar surface area (TPSA) is 34.2 Å². The molecule has 2 unspecified atom stereocenters. The highest BCUT2D eigenvalue weighted by Gasteiger charge is 2.27. The van der Waals surface area contributed by atoms with Crippen LogP contribution in [0.15, 0.2) is 18.5 Å². The Morgan fingerprint density at radius 1 is 1.71 bits per heavy atom. The number of nitrogens with zero attached hydrogens (tertiary/aromatic N) is 1. The number of pyridine rings is 1. The lowest BCUT2D eigenvalue weighted by molar-refractivity contribution is 0.0462. The lowest BCUT2D eigenvalue weighted by Gasteiger charge is -2.31. The number of thioether (sulfide) groups is 1. The monoisotopic (exact) mass is 256 g/mol. The van der Waals surface area contributed by atoms with Crippen LogP contribution in [0.1, 0.15) is 18.5 Å². The minimum Gasteiger partial charge on any atom is -0.375 e. The first-order chi connectivity index (χ1) is 8.33. The van der Waals surface area contributed by atoms with Crippen molar-refractivity contribution in [3.8, 4) is 0 Å². The average Bonchev–Trinajstić information content (AvgIpc) is 2.38. The molecule has 0 radical (unpaired) electrons. The molecule has 1 aromatic rings. The fourth-order valence-electron chi connectivity index (χ4n) is 2.00. The second kappa shape index (κ2) is 6.33. The van der Waals surface area contributed by atoms with Crippen LogP contribution in [-0.2, 0) is 4.74 Å². The summed E-state index contributed by atoms with van der Waals surface area (Å²) in [7, 11) is 0. The van der Waals surface area contributed by atoms with Crippen molar-refractivity contribution in [2.75, 3.05) is 24.7 Å². The highest BCUT2D eigenvalue weighted by atomic mass is 32.2. The van der Waals surface area contributed by atoms with E-state index in [-0.39, 0.29) is 18.0 Å². The predicted molar refractivity (Wildman–Crippen MR) is 67.7 cm³/mol. The molecule has 0 spiro atoms. The Labute approximate surface area is 105 Å². The van der Waals surface area contributed by atoms with E-state index in [1.54, 1.807) is 12.3 Å². The minimum atomic E-state index is -0.266. The first kappa shape index (κ1) is 12.8. The van der Waals surface area contributed by atoms with E-state index in [4.69, 9.17) is 4.74 Å². The molecule has 0 aromatic carbocycles. The van der Waals surface area contributed by atoms with E-state index in [0.29, 0.717) is 5.56 Å². The lowest BCUT2D eigenvalue weighted by Crippen LogP contribution is -2.38. The Morgan fingerprint density at radius 3 is 3.24 bits per heavy atom. The van der Waals surface area contributed by atoms with Crippen molar-refractivity contribution in [1.82, 2.24) is 10.3 Å². The molecule has 0 saturated carbocycles. The molecule has 2 atom stereocenters. The Bertz CT molecular complexity index is 358. The van der Waals surface area contributed by atoms with Gasteiger partial charge in [0.2, 0.25) is 0 Å². The third-order valence-corrected chi connectivity index (χ3v) is 3.80. The first-order valence-corrected chi connectivity index (χ1v) is 7.00. The zero-order valence-corrected chi connectivity index (χ0v) is 10.7. The zero-order chi connectivity index (χ0) is 12.1. The van der Waals surface area contributed by atoms with Crippen molar-refractivity contribution in [3.63, 3.8) is 0 Å². The third-order valence-electron chi connectivity index (χ3n) is 2.78. The van der Waals surface area contributed by atoms with Gasteiger partial charge in [-0.05, 0) is 12.6 Å². The smallest absolute Gasteiger partial charge is 0.146 e. The Morgan fingerprint density at radius 2 is 2.59 bits per heavy atom. The molecular formula is C12H17FN2OS. The summed E-state index contributed by atoms with van der Waals surface area (Å²) in [5.41, 5.74) is 0.648. The number of rotatable bonds is 4. The molecule has 1 N–H and O–H groups in total. The van der Waals surface area contributed by atoms with Crippen LogP contribution in [0, 0.1) is 5.82 Å². The molecule has 1 aliphatic heterocycles. The number of ether oxygens (including phenoxy) is 1. The van der Waals surface area contributed by atoms with E-state index in [0.717, 1.165) is 24.7 Å². The van der Waals surface area contributed by atoms with Gasteiger partial charge in [0.1, 0.15) is 5.82 Å². The van der Waals surface area contributed by atoms with Crippen LogP contribution in [0.2, 0.25) is 0 Å². The molecule has 2 heterocycles. The van der Waals surface area contributed by atoms with Crippen molar-refractivity contribution in [1.29, 1.82) is 0 Å². The molecule has 17 heavy (non-hydrogen) atoms. The van der Waals surface area contributed by atoms with Crippen LogP contribution in [0.25, 0.3) is 0 Å². The van der Waals surface area contributed by atoms with Gasteiger partial charge in [-0.3, -0.25) is 4.98 Å². The van der Waals surface area contributed by atoms with Crippen LogP contribution in [0.4, 0.5) is 4.39 Å². The van der Waals surface area contributed by atoms with Crippen molar-refractivity contribution < 1.29 is 9.13 Å². The molecule has 1 aromatic heterocycles. The number of hydrogen-bond donors (Lipinski definition) is 1. The average molecular weight is 256 g/mol. The van der Waals surface area contributed by atoms with Gasteiger partial charge >= 0.3 is 0 Å². The second-order valence-electron chi connectivity index (χ2n) is 3.92. The normalized spacial score (nSPS) is 22.4. The highest BCUT2D eigenvalue weighted by Crippen LogP contribution is 2.26. The molecule has 0 aliphatic carbocycles. The zero-order valence-electron chi connectivity index (χ0n) is 9.86. The van der Waals surface area contributed by atoms with Gasteiger partial charge in [0.15, 0.2) is 0 Å². The van der Waals surface area contributed by atoms with Gasteiger partial charge in [-0.1, -0.05) is 6.92 Å². The Kier molecular flexibility index (Phi) is 4.76. The van der Waals surface area contributed by atoms with Gasteiger partial charge in [0.25, 0.3) is 0 Å². The van der Waals surface area contributed by atoms with E-state index in [1.165, 1.54) is 6.20 Å². The number of likely N-dealkylation sites (N-methyl/N-ethyl adjacent to an activating group) is 1. The van der Waals surface area contributed by atoms with E-state index >= 15 is 0 Å². The third kappa shape index (κ3) is 3.18. The number of halogens is 1. The van der Waals surface area contributed by atoms with Gasteiger partial charge in [0.05, 0.1) is 24.9 Å². The first-order valence-electron chi connectivity index (χ1n) is 5.85. The summed E-state index contributed by atoms with van der Waals surface area (Å²) in [6, 6.07) is 1.64. The molecule has 1 aliphatic rings. The molecule has 0 amide bonds. The molecule has 1 saturated heterocycles. The Hall–Kier alpha value is -0.650. The van der Waals surface area contributed by atoms with Crippen LogP contribution in [0.3, 0.4) is 0 Å². The quantitative estimate of drug-likeness (QED) is 0.893. The molecule has 1 fully saturated rings. The fraction of sp³-hybridized carbons (Fsp3) is 0.583. The maximum atomic E-state index is 13.8. The highest BCUT2D eigenvalue weighted by molar-refractivity contribution is 7.99. The molecular weight excluding hydrogens is 239 g/mol. The van der Waals surface area contributed by atoms with Crippen molar-refractivity contribution >= 4 is 11.8 Å². The standard InChI is InChI=1S/C12H17FN2OS/c1-2-15-12(11-8-17-6-5-16-11)9-3-4-14-7-10(9)13/h3-4,7,11-12,15H,2,5-6,8H2,1H3. The fourth-order valence-corrected chi connectivity index (χ4v) is 2.90. The summed E-state index contributed by atoms with van der Waals surface area (Å²) in [6.07, 6.45) is 2.92. The van der Waals surface area contributed by atoms with Crippen molar-refractivity contribution in [3.05, 3.63) is 29.8 Å². The van der Waals surface area contributed by atoms with Gasteiger partial charge in [-0.25, -0.2) is 4.39 Å². The molecule has 0 bridgehead atoms. The lowest BCUT2D eigenvalue weighted by atomic mass is 10.0.